The number of carbonyl (C=O) groups is 3. The van der Waals surface area contributed by atoms with Crippen LogP contribution in [0.15, 0.2) is 11.6 Å². The number of rotatable bonds is 3. The third kappa shape index (κ3) is 2.23. The molecule has 0 saturated heterocycles. The average Bonchev–Trinajstić information content (AvgIpc) is 2.92. The summed E-state index contributed by atoms with van der Waals surface area (Å²) in [5, 5.41) is 30.9. The van der Waals surface area contributed by atoms with Crippen molar-refractivity contribution in [1.82, 2.24) is 0 Å². The fourth-order valence-electron chi connectivity index (χ4n) is 7.23. The van der Waals surface area contributed by atoms with E-state index in [2.05, 4.69) is 0 Å². The molecule has 0 aromatic rings. The topological polar surface area (TPSA) is 112 Å². The van der Waals surface area contributed by atoms with Gasteiger partial charge in [-0.05, 0) is 68.8 Å². The maximum atomic E-state index is 12.6. The van der Waals surface area contributed by atoms with Crippen LogP contribution >= 0.6 is 0 Å². The van der Waals surface area contributed by atoms with Gasteiger partial charge >= 0.3 is 5.97 Å². The number of carbonyl (C=O) groups excluding carboxylic acids is 2. The van der Waals surface area contributed by atoms with Gasteiger partial charge in [0, 0.05) is 11.8 Å². The zero-order valence-corrected chi connectivity index (χ0v) is 15.7. The number of carboxylic acids is 1. The van der Waals surface area contributed by atoms with E-state index >= 15 is 0 Å². The van der Waals surface area contributed by atoms with E-state index in [-0.39, 0.29) is 30.0 Å². The second-order valence-electron chi connectivity index (χ2n) is 9.27. The van der Waals surface area contributed by atoms with Crippen molar-refractivity contribution in [1.29, 1.82) is 0 Å². The van der Waals surface area contributed by atoms with Gasteiger partial charge in [0.15, 0.2) is 11.6 Å². The maximum absolute atomic E-state index is 12.6. The summed E-state index contributed by atoms with van der Waals surface area (Å²) < 4.78 is 0. The van der Waals surface area contributed by atoms with Crippen LogP contribution in [0.25, 0.3) is 0 Å². The summed E-state index contributed by atoms with van der Waals surface area (Å²) in [6.45, 7) is 1.21. The number of aliphatic carboxylic acids is 1. The van der Waals surface area contributed by atoms with Crippen LogP contribution in [0.1, 0.15) is 58.3 Å². The lowest BCUT2D eigenvalue weighted by atomic mass is 9.43. The standard InChI is InChI=1S/C21H28O6/c1-19-8-9-20(18(25)26)14-5-3-13(23)10-12(14)2-4-16(20)15(19)6-7-21(19,27)17(24)11-22/h10,14-16,22,27H,2-9,11H2,1H3,(H,25,26)/t14?,15?,16?,19-,20+,21-/m0/s1. The van der Waals surface area contributed by atoms with Gasteiger partial charge in [-0.3, -0.25) is 14.4 Å². The van der Waals surface area contributed by atoms with Crippen molar-refractivity contribution in [3.63, 3.8) is 0 Å². The smallest absolute Gasteiger partial charge is 0.310 e. The van der Waals surface area contributed by atoms with Crippen LogP contribution in [0, 0.1) is 28.6 Å². The number of aliphatic hydroxyl groups excluding tert-OH is 1. The molecule has 4 aliphatic rings. The van der Waals surface area contributed by atoms with Crippen molar-refractivity contribution in [2.75, 3.05) is 6.61 Å². The highest BCUT2D eigenvalue weighted by molar-refractivity contribution is 5.92. The van der Waals surface area contributed by atoms with Gasteiger partial charge in [-0.2, -0.15) is 0 Å². The van der Waals surface area contributed by atoms with Gasteiger partial charge < -0.3 is 15.3 Å². The van der Waals surface area contributed by atoms with E-state index in [9.17, 15) is 29.7 Å². The van der Waals surface area contributed by atoms with Crippen LogP contribution in [0.4, 0.5) is 0 Å². The molecule has 148 valence electrons. The Morgan fingerprint density at radius 3 is 2.52 bits per heavy atom. The highest BCUT2D eigenvalue weighted by Crippen LogP contribution is 2.69. The molecular weight excluding hydrogens is 348 g/mol. The Labute approximate surface area is 158 Å². The van der Waals surface area contributed by atoms with Crippen molar-refractivity contribution in [2.24, 2.45) is 28.6 Å². The molecule has 0 amide bonds. The monoisotopic (exact) mass is 376 g/mol. The molecule has 0 aliphatic heterocycles. The molecule has 0 bridgehead atoms. The number of hydrogen-bond acceptors (Lipinski definition) is 5. The number of aliphatic hydroxyl groups is 2. The summed E-state index contributed by atoms with van der Waals surface area (Å²) in [5.74, 6) is -1.58. The molecule has 3 unspecified atom stereocenters. The fraction of sp³-hybridized carbons (Fsp3) is 0.762. The van der Waals surface area contributed by atoms with Crippen molar-refractivity contribution >= 4 is 17.5 Å². The van der Waals surface area contributed by atoms with E-state index in [1.54, 1.807) is 6.08 Å². The lowest BCUT2D eigenvalue weighted by Gasteiger charge is -2.59. The Bertz CT molecular complexity index is 741. The van der Waals surface area contributed by atoms with Crippen LogP contribution < -0.4 is 0 Å². The van der Waals surface area contributed by atoms with Gasteiger partial charge in [0.25, 0.3) is 0 Å². The molecular formula is C21H28O6. The van der Waals surface area contributed by atoms with E-state index in [0.29, 0.717) is 38.5 Å². The molecule has 4 aliphatic carbocycles. The molecule has 4 rings (SSSR count). The summed E-state index contributed by atoms with van der Waals surface area (Å²) in [5.41, 5.74) is -2.21. The molecule has 0 aromatic carbocycles. The second kappa shape index (κ2) is 5.98. The van der Waals surface area contributed by atoms with Crippen molar-refractivity contribution in [2.45, 2.75) is 63.9 Å². The Morgan fingerprint density at radius 2 is 1.85 bits per heavy atom. The molecule has 0 aromatic heterocycles. The zero-order chi connectivity index (χ0) is 19.6. The largest absolute Gasteiger partial charge is 0.481 e. The Kier molecular flexibility index (Phi) is 4.17. The number of fused-ring (bicyclic) bond motifs is 5. The summed E-state index contributed by atoms with van der Waals surface area (Å²) >= 11 is 0. The predicted molar refractivity (Wildman–Crippen MR) is 95.7 cm³/mol. The molecule has 3 fully saturated rings. The molecule has 0 radical (unpaired) electrons. The first-order chi connectivity index (χ1) is 12.7. The van der Waals surface area contributed by atoms with E-state index in [0.717, 1.165) is 12.0 Å². The van der Waals surface area contributed by atoms with Gasteiger partial charge in [0.05, 0.1) is 5.41 Å². The van der Waals surface area contributed by atoms with Crippen LogP contribution in [0.2, 0.25) is 0 Å². The molecule has 6 atom stereocenters. The SMILES string of the molecule is C[C@]12CC[C@@]3(C(=O)O)C4CCC(=O)C=C4CCC3C1CC[C@]2(O)C(=O)CO. The van der Waals surface area contributed by atoms with Gasteiger partial charge in [0.1, 0.15) is 12.2 Å². The molecule has 27 heavy (non-hydrogen) atoms. The van der Waals surface area contributed by atoms with Crippen LogP contribution in [-0.4, -0.2) is 45.1 Å². The second-order valence-corrected chi connectivity index (χ2v) is 9.27. The minimum atomic E-state index is -1.57. The Morgan fingerprint density at radius 1 is 1.11 bits per heavy atom. The predicted octanol–water partition coefficient (Wildman–Crippen LogP) is 1.88. The van der Waals surface area contributed by atoms with Crippen LogP contribution in [-0.2, 0) is 14.4 Å². The van der Waals surface area contributed by atoms with Gasteiger partial charge in [0.2, 0.25) is 0 Å². The summed E-state index contributed by atoms with van der Waals surface area (Å²) in [6, 6.07) is 0. The number of hydrogen-bond donors (Lipinski definition) is 3. The lowest BCUT2D eigenvalue weighted by Crippen LogP contribution is -2.62. The number of Topliss-reactive ketones (excluding diaryl/α,β-unsaturated/α-hetero) is 1. The minimum Gasteiger partial charge on any atom is -0.481 e. The van der Waals surface area contributed by atoms with E-state index in [1.807, 2.05) is 6.92 Å². The highest BCUT2D eigenvalue weighted by Gasteiger charge is 2.70. The van der Waals surface area contributed by atoms with Crippen molar-refractivity contribution in [3.05, 3.63) is 11.6 Å². The summed E-state index contributed by atoms with van der Waals surface area (Å²) in [4.78, 5) is 36.8. The number of ketones is 2. The molecule has 0 spiro atoms. The summed E-state index contributed by atoms with van der Waals surface area (Å²) in [7, 11) is 0. The molecule has 6 nitrogen and oxygen atoms in total. The third-order valence-corrected chi connectivity index (χ3v) is 8.63. The minimum absolute atomic E-state index is 0.0676. The van der Waals surface area contributed by atoms with Crippen LogP contribution in [0.3, 0.4) is 0 Å². The van der Waals surface area contributed by atoms with E-state index in [1.165, 1.54) is 0 Å². The van der Waals surface area contributed by atoms with Crippen molar-refractivity contribution in [3.8, 4) is 0 Å². The highest BCUT2D eigenvalue weighted by atomic mass is 16.4. The molecule has 3 N–H and O–H groups in total. The molecule has 6 heteroatoms. The quantitative estimate of drug-likeness (QED) is 0.693. The molecule has 0 heterocycles. The zero-order valence-electron chi connectivity index (χ0n) is 15.7. The number of carboxylic acid groups (broad SMARTS) is 1. The Hall–Kier alpha value is -1.53. The number of allylic oxidation sites excluding steroid dienone is 1. The van der Waals surface area contributed by atoms with E-state index in [4.69, 9.17) is 0 Å². The fourth-order valence-corrected chi connectivity index (χ4v) is 7.23. The third-order valence-electron chi connectivity index (χ3n) is 8.63. The summed E-state index contributed by atoms with van der Waals surface area (Å²) in [6.07, 6.45) is 5.76. The first kappa shape index (κ1) is 18.8. The van der Waals surface area contributed by atoms with Crippen molar-refractivity contribution < 1.29 is 29.7 Å². The van der Waals surface area contributed by atoms with Crippen LogP contribution in [0.5, 0.6) is 0 Å². The molecule has 3 saturated carbocycles. The maximum Gasteiger partial charge on any atom is 0.310 e. The Balaban J connectivity index is 1.77. The van der Waals surface area contributed by atoms with Gasteiger partial charge in [-0.1, -0.05) is 12.5 Å². The first-order valence-corrected chi connectivity index (χ1v) is 10.0. The van der Waals surface area contributed by atoms with E-state index < -0.39 is 34.8 Å². The van der Waals surface area contributed by atoms with Gasteiger partial charge in [-0.25, -0.2) is 0 Å². The normalized spacial score (nSPS) is 46.1. The average molecular weight is 376 g/mol. The lowest BCUT2D eigenvalue weighted by molar-refractivity contribution is -0.186. The van der Waals surface area contributed by atoms with Gasteiger partial charge in [-0.15, -0.1) is 0 Å². The first-order valence-electron chi connectivity index (χ1n) is 10.0.